The highest BCUT2D eigenvalue weighted by Gasteiger charge is 2.15. The van der Waals surface area contributed by atoms with Gasteiger partial charge < -0.3 is 9.32 Å². The number of benzene rings is 1. The maximum absolute atomic E-state index is 5.58. The first kappa shape index (κ1) is 16.7. The number of fused-ring (bicyclic) bond motifs is 1. The lowest BCUT2D eigenvalue weighted by molar-refractivity contribution is 0.500. The zero-order valence-electron chi connectivity index (χ0n) is 15.0. The molecule has 0 aliphatic carbocycles. The maximum Gasteiger partial charge on any atom is 0.186 e. The average Bonchev–Trinajstić information content (AvgIpc) is 3.49. The Bertz CT molecular complexity index is 1170. The Labute approximate surface area is 165 Å². The van der Waals surface area contributed by atoms with Crippen molar-refractivity contribution in [3.05, 3.63) is 89.0 Å². The second kappa shape index (κ2) is 7.28. The second-order valence-electron chi connectivity index (χ2n) is 6.42. The molecule has 5 aromatic rings. The summed E-state index contributed by atoms with van der Waals surface area (Å²) in [5.74, 6) is 2.47. The van der Waals surface area contributed by atoms with E-state index < -0.39 is 0 Å². The van der Waals surface area contributed by atoms with Crippen LogP contribution in [0.4, 0.5) is 5.82 Å². The number of furan rings is 1. The van der Waals surface area contributed by atoms with Crippen molar-refractivity contribution in [3.63, 3.8) is 0 Å². The lowest BCUT2D eigenvalue weighted by Gasteiger charge is -2.22. The number of rotatable bonds is 6. The fraction of sp³-hybridized carbons (Fsp3) is 0.0952. The number of hydrogen-bond acceptors (Lipinski definition) is 6. The van der Waals surface area contributed by atoms with Crippen LogP contribution >= 0.6 is 11.3 Å². The smallest absolute Gasteiger partial charge is 0.186 e. The van der Waals surface area contributed by atoms with E-state index in [2.05, 4.69) is 32.6 Å². The van der Waals surface area contributed by atoms with Crippen molar-refractivity contribution >= 4 is 22.8 Å². The zero-order valence-corrected chi connectivity index (χ0v) is 15.8. The molecule has 0 bridgehead atoms. The van der Waals surface area contributed by atoms with Crippen molar-refractivity contribution in [2.45, 2.75) is 13.1 Å². The van der Waals surface area contributed by atoms with Gasteiger partial charge in [0.1, 0.15) is 11.6 Å². The van der Waals surface area contributed by atoms with Crippen molar-refractivity contribution < 1.29 is 4.42 Å². The Morgan fingerprint density at radius 1 is 0.929 bits per heavy atom. The molecule has 4 aromatic heterocycles. The molecule has 0 aliphatic rings. The topological polar surface area (TPSA) is 59.5 Å². The van der Waals surface area contributed by atoms with Crippen LogP contribution in [0, 0.1) is 0 Å². The van der Waals surface area contributed by atoms with Crippen molar-refractivity contribution in [1.29, 1.82) is 0 Å². The van der Waals surface area contributed by atoms with Crippen LogP contribution in [0.25, 0.3) is 17.0 Å². The van der Waals surface area contributed by atoms with Crippen LogP contribution in [-0.2, 0) is 13.1 Å². The van der Waals surface area contributed by atoms with E-state index in [1.807, 2.05) is 53.9 Å². The van der Waals surface area contributed by atoms with Crippen LogP contribution in [-0.4, -0.2) is 19.8 Å². The van der Waals surface area contributed by atoms with E-state index in [1.165, 1.54) is 5.56 Å². The molecule has 0 fully saturated rings. The van der Waals surface area contributed by atoms with E-state index in [0.717, 1.165) is 35.2 Å². The Balaban J connectivity index is 1.55. The summed E-state index contributed by atoms with van der Waals surface area (Å²) in [5.41, 5.74) is 2.95. The van der Waals surface area contributed by atoms with Crippen molar-refractivity contribution in [2.75, 3.05) is 4.90 Å². The molecule has 0 unspecified atom stereocenters. The van der Waals surface area contributed by atoms with Gasteiger partial charge in [-0.05, 0) is 41.3 Å². The van der Waals surface area contributed by atoms with E-state index >= 15 is 0 Å². The average molecular weight is 387 g/mol. The van der Waals surface area contributed by atoms with Gasteiger partial charge in [-0.2, -0.15) is 15.9 Å². The monoisotopic (exact) mass is 387 g/mol. The Kier molecular flexibility index (Phi) is 4.34. The van der Waals surface area contributed by atoms with E-state index in [1.54, 1.807) is 22.1 Å². The van der Waals surface area contributed by atoms with Gasteiger partial charge >= 0.3 is 0 Å². The van der Waals surface area contributed by atoms with Gasteiger partial charge in [-0.3, -0.25) is 0 Å². The molecule has 0 saturated heterocycles. The number of anilines is 1. The molecule has 0 radical (unpaired) electrons. The molecule has 4 heterocycles. The summed E-state index contributed by atoms with van der Waals surface area (Å²) >= 11 is 1.63. The molecule has 138 valence electrons. The minimum absolute atomic E-state index is 0.621. The van der Waals surface area contributed by atoms with E-state index in [0.29, 0.717) is 6.54 Å². The molecule has 5 rings (SSSR count). The van der Waals surface area contributed by atoms with Gasteiger partial charge in [-0.1, -0.05) is 30.3 Å². The molecule has 0 aliphatic heterocycles. The fourth-order valence-electron chi connectivity index (χ4n) is 3.13. The maximum atomic E-state index is 5.58. The Hall–Kier alpha value is -3.45. The SMILES string of the molecule is c1ccc(CN(Cc2ccco2)c2ccc3nnc(-c4ccsc4)n3n2)cc1. The predicted molar refractivity (Wildman–Crippen MR) is 109 cm³/mol. The third-order valence-corrected chi connectivity index (χ3v) is 5.18. The molecule has 0 atom stereocenters. The molecule has 0 spiro atoms. The lowest BCUT2D eigenvalue weighted by atomic mass is 10.2. The molecule has 28 heavy (non-hydrogen) atoms. The van der Waals surface area contributed by atoms with Crippen LogP contribution in [0.2, 0.25) is 0 Å². The standard InChI is InChI=1S/C21H17N5OS/c1-2-5-16(6-3-1)13-25(14-18-7-4-11-27-18)20-9-8-19-22-23-21(26(19)24-20)17-10-12-28-15-17/h1-12,15H,13-14H2. The van der Waals surface area contributed by atoms with Crippen molar-refractivity contribution in [3.8, 4) is 11.4 Å². The second-order valence-corrected chi connectivity index (χ2v) is 7.20. The summed E-state index contributed by atoms with van der Waals surface area (Å²) in [7, 11) is 0. The number of aromatic nitrogens is 4. The molecule has 0 N–H and O–H groups in total. The summed E-state index contributed by atoms with van der Waals surface area (Å²) in [6.45, 7) is 1.34. The molecule has 1 aromatic carbocycles. The molecule has 0 amide bonds. The van der Waals surface area contributed by atoms with E-state index in [9.17, 15) is 0 Å². The Morgan fingerprint density at radius 2 is 1.86 bits per heavy atom. The van der Waals surface area contributed by atoms with Crippen LogP contribution in [0.15, 0.2) is 82.1 Å². The first-order valence-corrected chi connectivity index (χ1v) is 9.87. The van der Waals surface area contributed by atoms with Crippen LogP contribution < -0.4 is 4.90 Å². The van der Waals surface area contributed by atoms with Gasteiger partial charge in [0.15, 0.2) is 11.5 Å². The van der Waals surface area contributed by atoms with E-state index in [-0.39, 0.29) is 0 Å². The van der Waals surface area contributed by atoms with Crippen LogP contribution in [0.5, 0.6) is 0 Å². The van der Waals surface area contributed by atoms with Gasteiger partial charge in [0.25, 0.3) is 0 Å². The van der Waals surface area contributed by atoms with Crippen molar-refractivity contribution in [1.82, 2.24) is 19.8 Å². The third-order valence-electron chi connectivity index (χ3n) is 4.50. The summed E-state index contributed by atoms with van der Waals surface area (Å²) in [5, 5.41) is 17.5. The summed E-state index contributed by atoms with van der Waals surface area (Å²) in [6, 6.07) is 20.2. The molecular formula is C21H17N5OS. The molecule has 6 nitrogen and oxygen atoms in total. The first-order chi connectivity index (χ1) is 13.9. The largest absolute Gasteiger partial charge is 0.467 e. The highest BCUT2D eigenvalue weighted by molar-refractivity contribution is 7.08. The third kappa shape index (κ3) is 3.27. The van der Waals surface area contributed by atoms with Gasteiger partial charge in [-0.15, -0.1) is 15.3 Å². The normalized spacial score (nSPS) is 11.1. The van der Waals surface area contributed by atoms with Crippen molar-refractivity contribution in [2.24, 2.45) is 0 Å². The van der Waals surface area contributed by atoms with Crippen LogP contribution in [0.3, 0.4) is 0 Å². The lowest BCUT2D eigenvalue weighted by Crippen LogP contribution is -2.23. The summed E-state index contributed by atoms with van der Waals surface area (Å²) in [4.78, 5) is 2.19. The Morgan fingerprint density at radius 3 is 2.64 bits per heavy atom. The quantitative estimate of drug-likeness (QED) is 0.424. The highest BCUT2D eigenvalue weighted by atomic mass is 32.1. The summed E-state index contributed by atoms with van der Waals surface area (Å²) < 4.78 is 7.38. The molecular weight excluding hydrogens is 370 g/mol. The number of hydrogen-bond donors (Lipinski definition) is 0. The minimum Gasteiger partial charge on any atom is -0.467 e. The predicted octanol–water partition coefficient (Wildman–Crippen LogP) is 4.65. The first-order valence-electron chi connectivity index (χ1n) is 8.93. The van der Waals surface area contributed by atoms with Gasteiger partial charge in [0.05, 0.1) is 12.8 Å². The van der Waals surface area contributed by atoms with Crippen LogP contribution in [0.1, 0.15) is 11.3 Å². The fourth-order valence-corrected chi connectivity index (χ4v) is 3.77. The van der Waals surface area contributed by atoms with Gasteiger partial charge in [-0.25, -0.2) is 0 Å². The molecule has 7 heteroatoms. The minimum atomic E-state index is 0.621. The van der Waals surface area contributed by atoms with Gasteiger partial charge in [0.2, 0.25) is 0 Å². The summed E-state index contributed by atoms with van der Waals surface area (Å²) in [6.07, 6.45) is 1.70. The zero-order chi connectivity index (χ0) is 18.8. The molecule has 0 saturated carbocycles. The number of thiophene rings is 1. The van der Waals surface area contributed by atoms with Gasteiger partial charge in [0, 0.05) is 17.5 Å². The number of nitrogens with zero attached hydrogens (tertiary/aromatic N) is 5. The van der Waals surface area contributed by atoms with E-state index in [4.69, 9.17) is 9.52 Å². The highest BCUT2D eigenvalue weighted by Crippen LogP contribution is 2.23.